The van der Waals surface area contributed by atoms with E-state index in [1.165, 1.54) is 10.9 Å². The fourth-order valence-corrected chi connectivity index (χ4v) is 2.96. The van der Waals surface area contributed by atoms with Crippen molar-refractivity contribution < 1.29 is 4.42 Å². The molecular weight excluding hydrogens is 330 g/mol. The average molecular weight is 348 g/mol. The van der Waals surface area contributed by atoms with Gasteiger partial charge in [0.15, 0.2) is 4.67 Å². The van der Waals surface area contributed by atoms with Gasteiger partial charge < -0.3 is 9.73 Å². The fraction of sp³-hybridized carbons (Fsp3) is 0.312. The Bertz CT molecular complexity index is 747. The van der Waals surface area contributed by atoms with Gasteiger partial charge in [0.25, 0.3) is 0 Å². The second-order valence-electron chi connectivity index (χ2n) is 4.97. The third-order valence-electron chi connectivity index (χ3n) is 3.72. The van der Waals surface area contributed by atoms with E-state index < -0.39 is 0 Å². The minimum atomic E-state index is 0.111. The Morgan fingerprint density at radius 1 is 1.29 bits per heavy atom. The molecule has 0 saturated carbocycles. The number of benzene rings is 1. The number of aryl methyl sites for hydroxylation is 1. The van der Waals surface area contributed by atoms with Crippen molar-refractivity contribution in [2.45, 2.75) is 25.9 Å². The first kappa shape index (κ1) is 14.4. The highest BCUT2D eigenvalue weighted by atomic mass is 79.9. The summed E-state index contributed by atoms with van der Waals surface area (Å²) in [4.78, 5) is 0. The van der Waals surface area contributed by atoms with Crippen LogP contribution in [-0.4, -0.2) is 16.8 Å². The molecule has 0 radical (unpaired) electrons. The van der Waals surface area contributed by atoms with Crippen LogP contribution in [-0.2, 0) is 13.0 Å². The van der Waals surface area contributed by atoms with Gasteiger partial charge in [-0.25, -0.2) is 0 Å². The highest BCUT2D eigenvalue weighted by Gasteiger charge is 2.18. The molecule has 1 aromatic carbocycles. The zero-order valence-electron chi connectivity index (χ0n) is 12.1. The van der Waals surface area contributed by atoms with Gasteiger partial charge in [-0.15, -0.1) is 0 Å². The third-order valence-corrected chi connectivity index (χ3v) is 4.14. The van der Waals surface area contributed by atoms with E-state index in [0.29, 0.717) is 0 Å². The van der Waals surface area contributed by atoms with Crippen LogP contribution < -0.4 is 5.32 Å². The summed E-state index contributed by atoms with van der Waals surface area (Å²) >= 11 is 3.36. The smallest absolute Gasteiger partial charge is 0.169 e. The number of fused-ring (bicyclic) bond motifs is 1. The lowest BCUT2D eigenvalue weighted by Crippen LogP contribution is -2.18. The van der Waals surface area contributed by atoms with E-state index in [4.69, 9.17) is 9.52 Å². The third kappa shape index (κ3) is 2.76. The standard InChI is InChI=1S/C16H18BrN3O/c1-3-20-14-7-5-4-6-11(14)12(19-20)10-13(18-2)15-8-9-16(17)21-15/h4-9,13,18H,3,10H2,1-2H3. The molecule has 2 heterocycles. The number of halogens is 1. The molecule has 2 aromatic heterocycles. The zero-order chi connectivity index (χ0) is 14.8. The average Bonchev–Trinajstić information content (AvgIpc) is 3.09. The normalized spacial score (nSPS) is 12.9. The molecule has 1 unspecified atom stereocenters. The molecule has 3 rings (SSSR count). The van der Waals surface area contributed by atoms with E-state index in [9.17, 15) is 0 Å². The molecule has 0 amide bonds. The summed E-state index contributed by atoms with van der Waals surface area (Å²) in [7, 11) is 1.94. The van der Waals surface area contributed by atoms with Crippen molar-refractivity contribution in [2.75, 3.05) is 7.05 Å². The molecule has 1 N–H and O–H groups in total. The lowest BCUT2D eigenvalue weighted by Gasteiger charge is -2.12. The molecule has 0 aliphatic heterocycles. The Morgan fingerprint density at radius 2 is 2.10 bits per heavy atom. The first-order chi connectivity index (χ1) is 10.2. The van der Waals surface area contributed by atoms with E-state index in [0.717, 1.165) is 29.1 Å². The molecule has 4 nitrogen and oxygen atoms in total. The Kier molecular flexibility index (Phi) is 4.12. The minimum Gasteiger partial charge on any atom is -0.453 e. The van der Waals surface area contributed by atoms with Crippen LogP contribution in [0.1, 0.15) is 24.4 Å². The van der Waals surface area contributed by atoms with Crippen molar-refractivity contribution in [2.24, 2.45) is 0 Å². The van der Waals surface area contributed by atoms with Gasteiger partial charge in [-0.2, -0.15) is 5.10 Å². The van der Waals surface area contributed by atoms with Gasteiger partial charge in [0, 0.05) is 18.4 Å². The maximum Gasteiger partial charge on any atom is 0.169 e. The summed E-state index contributed by atoms with van der Waals surface area (Å²) in [5.41, 5.74) is 2.28. The van der Waals surface area contributed by atoms with Gasteiger partial charge in [0.05, 0.1) is 17.3 Å². The van der Waals surface area contributed by atoms with Gasteiger partial charge in [0.2, 0.25) is 0 Å². The number of aromatic nitrogens is 2. The quantitative estimate of drug-likeness (QED) is 0.760. The Labute approximate surface area is 132 Å². The maximum absolute atomic E-state index is 5.67. The van der Waals surface area contributed by atoms with Crippen molar-refractivity contribution in [3.05, 3.63) is 52.5 Å². The number of hydrogen-bond donors (Lipinski definition) is 1. The van der Waals surface area contributed by atoms with Crippen LogP contribution in [0.25, 0.3) is 10.9 Å². The first-order valence-electron chi connectivity index (χ1n) is 7.09. The van der Waals surface area contributed by atoms with Crippen LogP contribution >= 0.6 is 15.9 Å². The summed E-state index contributed by atoms with van der Waals surface area (Å²) < 4.78 is 8.48. The molecule has 5 heteroatoms. The number of rotatable bonds is 5. The van der Waals surface area contributed by atoms with Crippen LogP contribution in [0.5, 0.6) is 0 Å². The van der Waals surface area contributed by atoms with E-state index in [-0.39, 0.29) is 6.04 Å². The number of nitrogens with zero attached hydrogens (tertiary/aromatic N) is 2. The number of hydrogen-bond acceptors (Lipinski definition) is 3. The number of likely N-dealkylation sites (N-methyl/N-ethyl adjacent to an activating group) is 1. The molecule has 0 bridgehead atoms. The maximum atomic E-state index is 5.67. The van der Waals surface area contributed by atoms with E-state index >= 15 is 0 Å². The molecule has 0 fully saturated rings. The highest BCUT2D eigenvalue weighted by Crippen LogP contribution is 2.26. The molecule has 0 aliphatic rings. The summed E-state index contributed by atoms with van der Waals surface area (Å²) in [5.74, 6) is 0.916. The van der Waals surface area contributed by atoms with Gasteiger partial charge >= 0.3 is 0 Å². The molecule has 0 aliphatic carbocycles. The van der Waals surface area contributed by atoms with E-state index in [2.05, 4.69) is 57.1 Å². The zero-order valence-corrected chi connectivity index (χ0v) is 13.7. The minimum absolute atomic E-state index is 0.111. The van der Waals surface area contributed by atoms with Crippen LogP contribution in [0, 0.1) is 0 Å². The second kappa shape index (κ2) is 6.03. The lowest BCUT2D eigenvalue weighted by atomic mass is 10.1. The Hall–Kier alpha value is -1.59. The fourth-order valence-electron chi connectivity index (χ4n) is 2.64. The van der Waals surface area contributed by atoms with Crippen molar-refractivity contribution in [1.29, 1.82) is 0 Å². The summed E-state index contributed by atoms with van der Waals surface area (Å²) in [6.45, 7) is 2.99. The Balaban J connectivity index is 1.97. The largest absolute Gasteiger partial charge is 0.453 e. The lowest BCUT2D eigenvalue weighted by molar-refractivity contribution is 0.414. The van der Waals surface area contributed by atoms with Gasteiger partial charge in [-0.3, -0.25) is 4.68 Å². The second-order valence-corrected chi connectivity index (χ2v) is 5.75. The number of nitrogens with one attached hydrogen (secondary N) is 1. The predicted molar refractivity (Wildman–Crippen MR) is 87.3 cm³/mol. The van der Waals surface area contributed by atoms with Gasteiger partial charge in [0.1, 0.15) is 5.76 Å². The molecule has 21 heavy (non-hydrogen) atoms. The molecular formula is C16H18BrN3O. The monoisotopic (exact) mass is 347 g/mol. The summed E-state index contributed by atoms with van der Waals surface area (Å²) in [5, 5.41) is 9.27. The predicted octanol–water partition coefficient (Wildman–Crippen LogP) is 3.91. The number of furan rings is 1. The van der Waals surface area contributed by atoms with Gasteiger partial charge in [-0.05, 0) is 48.1 Å². The first-order valence-corrected chi connectivity index (χ1v) is 7.89. The molecule has 0 saturated heterocycles. The molecule has 0 spiro atoms. The van der Waals surface area contributed by atoms with Crippen LogP contribution in [0.3, 0.4) is 0 Å². The van der Waals surface area contributed by atoms with Gasteiger partial charge in [-0.1, -0.05) is 18.2 Å². The van der Waals surface area contributed by atoms with Crippen molar-refractivity contribution in [1.82, 2.24) is 15.1 Å². The highest BCUT2D eigenvalue weighted by molar-refractivity contribution is 9.10. The van der Waals surface area contributed by atoms with Crippen LogP contribution in [0.4, 0.5) is 0 Å². The van der Waals surface area contributed by atoms with Crippen molar-refractivity contribution >= 4 is 26.8 Å². The summed E-state index contributed by atoms with van der Waals surface area (Å²) in [6.07, 6.45) is 0.796. The summed E-state index contributed by atoms with van der Waals surface area (Å²) in [6, 6.07) is 12.4. The molecule has 110 valence electrons. The topological polar surface area (TPSA) is 43.0 Å². The molecule has 3 aromatic rings. The van der Waals surface area contributed by atoms with Crippen molar-refractivity contribution in [3.63, 3.8) is 0 Å². The van der Waals surface area contributed by atoms with E-state index in [1.54, 1.807) is 0 Å². The SMILES string of the molecule is CCn1nc(CC(NC)c2ccc(Br)o2)c2ccccc21. The van der Waals surface area contributed by atoms with Crippen LogP contribution in [0.2, 0.25) is 0 Å². The number of para-hydroxylation sites is 1. The van der Waals surface area contributed by atoms with E-state index in [1.807, 2.05) is 19.2 Å². The van der Waals surface area contributed by atoms with Crippen molar-refractivity contribution in [3.8, 4) is 0 Å². The Morgan fingerprint density at radius 3 is 2.76 bits per heavy atom. The van der Waals surface area contributed by atoms with Crippen LogP contribution in [0.15, 0.2) is 45.5 Å². The molecule has 1 atom stereocenters.